The van der Waals surface area contributed by atoms with Crippen LogP contribution >= 0.6 is 11.6 Å². The van der Waals surface area contributed by atoms with E-state index >= 15 is 0 Å². The van der Waals surface area contributed by atoms with E-state index < -0.39 is 0 Å². The van der Waals surface area contributed by atoms with E-state index in [0.717, 1.165) is 42.8 Å². The SMILES string of the molecule is COc1cc(OC)c(Cl)c(-c2cc3cnc(Nc4ccc(N5CCN(C)CC5)cn4)nc3n3cnnc23)c1. The van der Waals surface area contributed by atoms with Gasteiger partial charge in [0.2, 0.25) is 5.95 Å². The average Bonchev–Trinajstić information content (AvgIpc) is 3.44. The second-order valence-electron chi connectivity index (χ2n) is 9.06. The van der Waals surface area contributed by atoms with Crippen molar-refractivity contribution in [3.8, 4) is 22.6 Å². The van der Waals surface area contributed by atoms with E-state index in [1.54, 1.807) is 32.8 Å². The van der Waals surface area contributed by atoms with Gasteiger partial charge in [0.15, 0.2) is 11.3 Å². The molecule has 0 aliphatic carbocycles. The van der Waals surface area contributed by atoms with Gasteiger partial charge < -0.3 is 24.6 Å². The standard InChI is InChI=1S/C26H26ClN9O2/c1-34-6-8-35(9-7-34)17-4-5-22(28-14-17)31-26-29-13-16-10-20(25-33-30-15-36(25)24(16)32-26)19-11-18(37-2)12-21(38-3)23(19)27/h4-5,10-15H,6-9H2,1-3H3,(H,28,29,31,32). The highest BCUT2D eigenvalue weighted by molar-refractivity contribution is 6.35. The molecule has 0 amide bonds. The molecule has 11 nitrogen and oxygen atoms in total. The number of anilines is 3. The second-order valence-corrected chi connectivity index (χ2v) is 9.44. The van der Waals surface area contributed by atoms with Crippen molar-refractivity contribution in [2.24, 2.45) is 0 Å². The Labute approximate surface area is 224 Å². The third-order valence-corrected chi connectivity index (χ3v) is 7.12. The van der Waals surface area contributed by atoms with E-state index in [1.807, 2.05) is 28.8 Å². The molecule has 0 unspecified atom stereocenters. The molecule has 0 radical (unpaired) electrons. The maximum atomic E-state index is 6.68. The zero-order chi connectivity index (χ0) is 26.2. The van der Waals surface area contributed by atoms with Crippen LogP contribution in [0.5, 0.6) is 11.5 Å². The van der Waals surface area contributed by atoms with E-state index in [1.165, 1.54) is 0 Å². The van der Waals surface area contributed by atoms with Gasteiger partial charge in [-0.15, -0.1) is 10.2 Å². The van der Waals surface area contributed by atoms with Crippen LogP contribution in [0.2, 0.25) is 5.02 Å². The van der Waals surface area contributed by atoms with Gasteiger partial charge in [-0.25, -0.2) is 9.97 Å². The fourth-order valence-electron chi connectivity index (χ4n) is 4.59. The Bertz CT molecular complexity index is 1620. The van der Waals surface area contributed by atoms with Crippen LogP contribution in [0.25, 0.3) is 27.8 Å². The number of halogens is 1. The Morgan fingerprint density at radius 1 is 0.921 bits per heavy atom. The Hall–Kier alpha value is -4.22. The maximum absolute atomic E-state index is 6.68. The van der Waals surface area contributed by atoms with Crippen LogP contribution in [0, 0.1) is 0 Å². The first-order valence-electron chi connectivity index (χ1n) is 12.1. The Kier molecular flexibility index (Phi) is 6.30. The molecular formula is C26H26ClN9O2. The quantitative estimate of drug-likeness (QED) is 0.346. The molecule has 0 spiro atoms. The van der Waals surface area contributed by atoms with E-state index in [-0.39, 0.29) is 0 Å². The molecule has 1 aliphatic heterocycles. The number of likely N-dealkylation sites (N-methyl/N-ethyl adjacent to an activating group) is 1. The fourth-order valence-corrected chi connectivity index (χ4v) is 4.88. The summed E-state index contributed by atoms with van der Waals surface area (Å²) in [5.41, 5.74) is 3.80. The number of hydrogen-bond acceptors (Lipinski definition) is 10. The number of rotatable bonds is 6. The topological polar surface area (TPSA) is 106 Å². The average molecular weight is 532 g/mol. The van der Waals surface area contributed by atoms with Gasteiger partial charge in [-0.3, -0.25) is 4.40 Å². The maximum Gasteiger partial charge on any atom is 0.230 e. The highest BCUT2D eigenvalue weighted by Gasteiger charge is 2.19. The van der Waals surface area contributed by atoms with Crippen molar-refractivity contribution < 1.29 is 9.47 Å². The Morgan fingerprint density at radius 3 is 2.50 bits per heavy atom. The number of fused-ring (bicyclic) bond motifs is 3. The van der Waals surface area contributed by atoms with Gasteiger partial charge in [-0.1, -0.05) is 11.6 Å². The van der Waals surface area contributed by atoms with Crippen LogP contribution in [0.1, 0.15) is 0 Å². The first-order chi connectivity index (χ1) is 18.5. The Balaban J connectivity index is 1.33. The molecule has 1 saturated heterocycles. The minimum absolute atomic E-state index is 0.418. The summed E-state index contributed by atoms with van der Waals surface area (Å²) in [7, 11) is 5.30. The minimum atomic E-state index is 0.418. The number of benzene rings is 1. The van der Waals surface area contributed by atoms with Crippen molar-refractivity contribution in [2.45, 2.75) is 0 Å². The summed E-state index contributed by atoms with van der Waals surface area (Å²) in [5.74, 6) is 2.19. The molecule has 6 rings (SSSR count). The number of pyridine rings is 2. The smallest absolute Gasteiger partial charge is 0.230 e. The van der Waals surface area contributed by atoms with Crippen molar-refractivity contribution in [3.05, 3.63) is 54.1 Å². The molecule has 1 fully saturated rings. The molecule has 0 bridgehead atoms. The number of piperazine rings is 1. The normalized spacial score (nSPS) is 14.3. The lowest BCUT2D eigenvalue weighted by Crippen LogP contribution is -2.44. The lowest BCUT2D eigenvalue weighted by atomic mass is 10.0. The summed E-state index contributed by atoms with van der Waals surface area (Å²) in [4.78, 5) is 18.5. The van der Waals surface area contributed by atoms with Crippen molar-refractivity contribution in [1.82, 2.24) is 34.4 Å². The van der Waals surface area contributed by atoms with Gasteiger partial charge in [0.05, 0.1) is 31.1 Å². The first-order valence-corrected chi connectivity index (χ1v) is 12.5. The molecule has 38 heavy (non-hydrogen) atoms. The van der Waals surface area contributed by atoms with Gasteiger partial charge in [-0.2, -0.15) is 4.98 Å². The highest BCUT2D eigenvalue weighted by atomic mass is 35.5. The fraction of sp³-hybridized carbons (Fsp3) is 0.269. The number of methoxy groups -OCH3 is 2. The van der Waals surface area contributed by atoms with Gasteiger partial charge >= 0.3 is 0 Å². The minimum Gasteiger partial charge on any atom is -0.497 e. The van der Waals surface area contributed by atoms with Crippen LogP contribution in [0.4, 0.5) is 17.5 Å². The zero-order valence-electron chi connectivity index (χ0n) is 21.2. The number of aromatic nitrogens is 6. The molecule has 194 valence electrons. The van der Waals surface area contributed by atoms with Crippen molar-refractivity contribution in [2.75, 3.05) is 57.7 Å². The largest absolute Gasteiger partial charge is 0.497 e. The van der Waals surface area contributed by atoms with Crippen molar-refractivity contribution in [3.63, 3.8) is 0 Å². The van der Waals surface area contributed by atoms with Crippen LogP contribution < -0.4 is 19.7 Å². The van der Waals surface area contributed by atoms with E-state index in [4.69, 9.17) is 26.1 Å². The van der Waals surface area contributed by atoms with Crippen LogP contribution in [-0.2, 0) is 0 Å². The predicted molar refractivity (Wildman–Crippen MR) is 147 cm³/mol. The number of nitrogens with zero attached hydrogens (tertiary/aromatic N) is 8. The lowest BCUT2D eigenvalue weighted by Gasteiger charge is -2.33. The second kappa shape index (κ2) is 9.92. The summed E-state index contributed by atoms with van der Waals surface area (Å²) in [6.45, 7) is 4.07. The summed E-state index contributed by atoms with van der Waals surface area (Å²) in [6, 6.07) is 9.52. The monoisotopic (exact) mass is 531 g/mol. The van der Waals surface area contributed by atoms with Crippen LogP contribution in [0.3, 0.4) is 0 Å². The van der Waals surface area contributed by atoms with E-state index in [2.05, 4.69) is 48.4 Å². The van der Waals surface area contributed by atoms with Gasteiger partial charge in [0, 0.05) is 55.0 Å². The van der Waals surface area contributed by atoms with Crippen molar-refractivity contribution >= 4 is 45.7 Å². The number of nitrogens with one attached hydrogen (secondary N) is 1. The van der Waals surface area contributed by atoms with Gasteiger partial charge in [0.25, 0.3) is 0 Å². The summed E-state index contributed by atoms with van der Waals surface area (Å²) in [6.07, 6.45) is 5.25. The molecule has 0 atom stereocenters. The van der Waals surface area contributed by atoms with Crippen LogP contribution in [0.15, 0.2) is 49.1 Å². The first kappa shape index (κ1) is 24.1. The zero-order valence-corrected chi connectivity index (χ0v) is 22.0. The molecule has 1 aliphatic rings. The van der Waals surface area contributed by atoms with Crippen molar-refractivity contribution in [1.29, 1.82) is 0 Å². The molecule has 4 aromatic heterocycles. The molecule has 5 heterocycles. The molecule has 5 aromatic rings. The third-order valence-electron chi connectivity index (χ3n) is 6.73. The molecule has 1 N–H and O–H groups in total. The summed E-state index contributed by atoms with van der Waals surface area (Å²) >= 11 is 6.68. The summed E-state index contributed by atoms with van der Waals surface area (Å²) < 4.78 is 12.7. The summed E-state index contributed by atoms with van der Waals surface area (Å²) in [5, 5.41) is 12.9. The predicted octanol–water partition coefficient (Wildman–Crippen LogP) is 3.90. The van der Waals surface area contributed by atoms with Gasteiger partial charge in [0.1, 0.15) is 23.6 Å². The number of hydrogen-bond donors (Lipinski definition) is 1. The Morgan fingerprint density at radius 2 is 1.76 bits per heavy atom. The highest BCUT2D eigenvalue weighted by Crippen LogP contribution is 2.41. The van der Waals surface area contributed by atoms with E-state index in [9.17, 15) is 0 Å². The van der Waals surface area contributed by atoms with Crippen LogP contribution in [-0.4, -0.2) is 81.9 Å². The molecular weight excluding hydrogens is 506 g/mol. The number of ether oxygens (including phenoxy) is 2. The van der Waals surface area contributed by atoms with Gasteiger partial charge in [-0.05, 0) is 31.3 Å². The third kappa shape index (κ3) is 4.39. The molecule has 1 aromatic carbocycles. The molecule has 12 heteroatoms. The van der Waals surface area contributed by atoms with E-state index in [0.29, 0.717) is 45.1 Å². The molecule has 0 saturated carbocycles. The lowest BCUT2D eigenvalue weighted by molar-refractivity contribution is 0.313.